The Kier molecular flexibility index (Phi) is 6.43. The fourth-order valence-electron chi connectivity index (χ4n) is 1.25. The Hall–Kier alpha value is -2.04. The van der Waals surface area contributed by atoms with Gasteiger partial charge in [-0.1, -0.05) is 32.0 Å². The predicted molar refractivity (Wildman–Crippen MR) is 70.9 cm³/mol. The zero-order valence-electron chi connectivity index (χ0n) is 11.2. The van der Waals surface area contributed by atoms with Gasteiger partial charge in [0.25, 0.3) is 0 Å². The molecule has 0 heterocycles. The molecule has 0 unspecified atom stereocenters. The zero-order chi connectivity index (χ0) is 14.1. The molecule has 0 aliphatic carbocycles. The molecule has 0 aromatic heterocycles. The van der Waals surface area contributed by atoms with E-state index in [1.165, 1.54) is 0 Å². The fourth-order valence-corrected chi connectivity index (χ4v) is 1.25. The molecule has 5 nitrogen and oxygen atoms in total. The van der Waals surface area contributed by atoms with Crippen LogP contribution in [0.1, 0.15) is 24.2 Å². The maximum Gasteiger partial charge on any atom is 0.407 e. The first-order valence-corrected chi connectivity index (χ1v) is 6.22. The highest BCUT2D eigenvalue weighted by atomic mass is 16.6. The fraction of sp³-hybridized carbons (Fsp3) is 0.429. The van der Waals surface area contributed by atoms with Crippen LogP contribution in [0, 0.1) is 5.92 Å². The molecule has 0 fully saturated rings. The minimum absolute atomic E-state index is 0.116. The standard InChI is InChI=1S/C14H19NO4/c1-11(2)10-19-14(17)15-8-9-18-13(16)12-6-4-3-5-7-12/h3-7,11H,8-10H2,1-2H3,(H,15,17). The summed E-state index contributed by atoms with van der Waals surface area (Å²) < 4.78 is 9.90. The molecule has 104 valence electrons. The van der Waals surface area contributed by atoms with Crippen LogP contribution in [0.5, 0.6) is 0 Å². The Morgan fingerprint density at radius 1 is 1.16 bits per heavy atom. The van der Waals surface area contributed by atoms with Gasteiger partial charge in [-0.3, -0.25) is 0 Å². The molecule has 19 heavy (non-hydrogen) atoms. The van der Waals surface area contributed by atoms with Gasteiger partial charge in [0.15, 0.2) is 0 Å². The van der Waals surface area contributed by atoms with Crippen LogP contribution in [0.15, 0.2) is 30.3 Å². The molecule has 0 atom stereocenters. The third kappa shape index (κ3) is 6.45. The normalized spacial score (nSPS) is 10.1. The summed E-state index contributed by atoms with van der Waals surface area (Å²) in [6.07, 6.45) is -0.496. The van der Waals surface area contributed by atoms with Gasteiger partial charge in [-0.15, -0.1) is 0 Å². The van der Waals surface area contributed by atoms with Crippen molar-refractivity contribution in [2.75, 3.05) is 19.8 Å². The van der Waals surface area contributed by atoms with E-state index in [1.54, 1.807) is 24.3 Å². The average Bonchev–Trinajstić information content (AvgIpc) is 2.42. The second-order valence-corrected chi connectivity index (χ2v) is 4.42. The number of hydrogen-bond acceptors (Lipinski definition) is 4. The molecule has 1 amide bonds. The van der Waals surface area contributed by atoms with E-state index in [0.717, 1.165) is 0 Å². The molecule has 0 spiro atoms. The van der Waals surface area contributed by atoms with E-state index < -0.39 is 12.1 Å². The first-order valence-electron chi connectivity index (χ1n) is 6.22. The molecular weight excluding hydrogens is 246 g/mol. The van der Waals surface area contributed by atoms with Crippen molar-refractivity contribution >= 4 is 12.1 Å². The second-order valence-electron chi connectivity index (χ2n) is 4.42. The lowest BCUT2D eigenvalue weighted by Crippen LogP contribution is -2.29. The van der Waals surface area contributed by atoms with Crippen molar-refractivity contribution < 1.29 is 19.1 Å². The van der Waals surface area contributed by atoms with Gasteiger partial charge >= 0.3 is 12.1 Å². The van der Waals surface area contributed by atoms with Gasteiger partial charge in [-0.2, -0.15) is 0 Å². The summed E-state index contributed by atoms with van der Waals surface area (Å²) in [7, 11) is 0. The Morgan fingerprint density at radius 3 is 2.47 bits per heavy atom. The average molecular weight is 265 g/mol. The molecule has 1 aromatic carbocycles. The molecule has 0 aliphatic heterocycles. The van der Waals surface area contributed by atoms with Gasteiger partial charge in [0.1, 0.15) is 6.61 Å². The lowest BCUT2D eigenvalue weighted by atomic mass is 10.2. The number of amides is 1. The highest BCUT2D eigenvalue weighted by Gasteiger charge is 2.06. The number of hydrogen-bond donors (Lipinski definition) is 1. The third-order valence-electron chi connectivity index (χ3n) is 2.16. The van der Waals surface area contributed by atoms with Gasteiger partial charge in [0.05, 0.1) is 18.7 Å². The quantitative estimate of drug-likeness (QED) is 0.632. The van der Waals surface area contributed by atoms with Crippen molar-refractivity contribution in [3.05, 3.63) is 35.9 Å². The van der Waals surface area contributed by atoms with Crippen LogP contribution in [0.25, 0.3) is 0 Å². The van der Waals surface area contributed by atoms with Crippen LogP contribution in [-0.4, -0.2) is 31.8 Å². The monoisotopic (exact) mass is 265 g/mol. The van der Waals surface area contributed by atoms with Crippen LogP contribution >= 0.6 is 0 Å². The van der Waals surface area contributed by atoms with Crippen LogP contribution < -0.4 is 5.32 Å². The summed E-state index contributed by atoms with van der Waals surface area (Å²) in [6, 6.07) is 8.69. The summed E-state index contributed by atoms with van der Waals surface area (Å²) in [6.45, 7) is 4.62. The molecule has 1 N–H and O–H groups in total. The number of ether oxygens (including phenoxy) is 2. The summed E-state index contributed by atoms with van der Waals surface area (Å²) in [5.74, 6) is -0.111. The van der Waals surface area contributed by atoms with E-state index >= 15 is 0 Å². The largest absolute Gasteiger partial charge is 0.460 e. The van der Waals surface area contributed by atoms with Gasteiger partial charge in [-0.05, 0) is 18.1 Å². The number of benzene rings is 1. The number of nitrogens with one attached hydrogen (secondary N) is 1. The van der Waals surface area contributed by atoms with Crippen LogP contribution in [0.4, 0.5) is 4.79 Å². The number of esters is 1. The summed E-state index contributed by atoms with van der Waals surface area (Å²) in [5, 5.41) is 2.51. The molecule has 0 aliphatic rings. The first-order chi connectivity index (χ1) is 9.09. The molecule has 0 radical (unpaired) electrons. The number of alkyl carbamates (subject to hydrolysis) is 1. The van der Waals surface area contributed by atoms with Crippen molar-refractivity contribution in [2.45, 2.75) is 13.8 Å². The number of rotatable bonds is 6. The van der Waals surface area contributed by atoms with E-state index in [2.05, 4.69) is 5.32 Å². The van der Waals surface area contributed by atoms with E-state index in [-0.39, 0.29) is 13.2 Å². The minimum atomic E-state index is -0.496. The van der Waals surface area contributed by atoms with Crippen molar-refractivity contribution in [1.29, 1.82) is 0 Å². The van der Waals surface area contributed by atoms with Crippen molar-refractivity contribution in [3.8, 4) is 0 Å². The SMILES string of the molecule is CC(C)COC(=O)NCCOC(=O)c1ccccc1. The number of carbonyl (C=O) groups is 2. The predicted octanol–water partition coefficient (Wildman–Crippen LogP) is 2.23. The van der Waals surface area contributed by atoms with Crippen molar-refractivity contribution in [2.24, 2.45) is 5.92 Å². The first kappa shape index (κ1) is 15.0. The van der Waals surface area contributed by atoms with Crippen molar-refractivity contribution in [1.82, 2.24) is 5.32 Å². The van der Waals surface area contributed by atoms with Crippen LogP contribution in [-0.2, 0) is 9.47 Å². The minimum Gasteiger partial charge on any atom is -0.460 e. The summed E-state index contributed by atoms with van der Waals surface area (Å²) in [5.41, 5.74) is 0.491. The molecule has 5 heteroatoms. The Labute approximate surface area is 112 Å². The van der Waals surface area contributed by atoms with E-state index in [4.69, 9.17) is 9.47 Å². The Balaban J connectivity index is 2.14. The number of carbonyl (C=O) groups excluding carboxylic acids is 2. The molecule has 1 aromatic rings. The highest BCUT2D eigenvalue weighted by Crippen LogP contribution is 2.00. The van der Waals surface area contributed by atoms with Gasteiger partial charge in [-0.25, -0.2) is 9.59 Å². The zero-order valence-corrected chi connectivity index (χ0v) is 11.2. The smallest absolute Gasteiger partial charge is 0.407 e. The van der Waals surface area contributed by atoms with E-state index in [9.17, 15) is 9.59 Å². The molecular formula is C14H19NO4. The van der Waals surface area contributed by atoms with Crippen LogP contribution in [0.2, 0.25) is 0 Å². The second kappa shape index (κ2) is 8.13. The summed E-state index contributed by atoms with van der Waals surface area (Å²) >= 11 is 0. The maximum atomic E-state index is 11.5. The lowest BCUT2D eigenvalue weighted by molar-refractivity contribution is 0.0503. The third-order valence-corrected chi connectivity index (χ3v) is 2.16. The molecule has 0 saturated heterocycles. The Morgan fingerprint density at radius 2 is 1.84 bits per heavy atom. The summed E-state index contributed by atoms with van der Waals surface area (Å²) in [4.78, 5) is 22.7. The molecule has 0 saturated carbocycles. The van der Waals surface area contributed by atoms with Crippen molar-refractivity contribution in [3.63, 3.8) is 0 Å². The maximum absolute atomic E-state index is 11.5. The van der Waals surface area contributed by atoms with Gasteiger partial charge < -0.3 is 14.8 Å². The molecule has 1 rings (SSSR count). The van der Waals surface area contributed by atoms with Crippen LogP contribution in [0.3, 0.4) is 0 Å². The highest BCUT2D eigenvalue weighted by molar-refractivity contribution is 5.89. The molecule has 0 bridgehead atoms. The van der Waals surface area contributed by atoms with Gasteiger partial charge in [0, 0.05) is 0 Å². The Bertz CT molecular complexity index is 403. The van der Waals surface area contributed by atoms with E-state index in [1.807, 2.05) is 19.9 Å². The topological polar surface area (TPSA) is 64.6 Å². The van der Waals surface area contributed by atoms with Gasteiger partial charge in [0.2, 0.25) is 0 Å². The van der Waals surface area contributed by atoms with E-state index in [0.29, 0.717) is 18.1 Å². The lowest BCUT2D eigenvalue weighted by Gasteiger charge is -2.09.